The highest BCUT2D eigenvalue weighted by atomic mass is 16.5. The summed E-state index contributed by atoms with van der Waals surface area (Å²) in [4.78, 5) is 0. The third-order valence-electron chi connectivity index (χ3n) is 2.63. The van der Waals surface area contributed by atoms with E-state index in [0.717, 1.165) is 19.4 Å². The molecule has 0 amide bonds. The molecule has 0 saturated heterocycles. The second-order valence-electron chi connectivity index (χ2n) is 4.32. The van der Waals surface area contributed by atoms with Gasteiger partial charge in [0.15, 0.2) is 0 Å². The molecule has 0 spiro atoms. The van der Waals surface area contributed by atoms with E-state index in [2.05, 4.69) is 13.8 Å². The van der Waals surface area contributed by atoms with Crippen LogP contribution in [-0.4, -0.2) is 12.8 Å². The molecule has 0 fully saturated rings. The van der Waals surface area contributed by atoms with Crippen molar-refractivity contribution in [3.05, 3.63) is 0 Å². The highest BCUT2D eigenvalue weighted by molar-refractivity contribution is 4.51. The van der Waals surface area contributed by atoms with Gasteiger partial charge in [-0.25, -0.2) is 0 Å². The van der Waals surface area contributed by atoms with Crippen molar-refractivity contribution in [2.45, 2.75) is 77.9 Å². The molecule has 2 N–H and O–H groups in total. The molecule has 2 heteroatoms. The van der Waals surface area contributed by atoms with Crippen molar-refractivity contribution < 1.29 is 4.74 Å². The van der Waals surface area contributed by atoms with Crippen LogP contribution in [0, 0.1) is 0 Å². The average molecular weight is 215 g/mol. The van der Waals surface area contributed by atoms with Crippen LogP contribution in [0.3, 0.4) is 0 Å². The van der Waals surface area contributed by atoms with Gasteiger partial charge in [0.2, 0.25) is 0 Å². The van der Waals surface area contributed by atoms with Gasteiger partial charge < -0.3 is 10.5 Å². The zero-order valence-electron chi connectivity index (χ0n) is 10.6. The molecule has 0 heterocycles. The smallest absolute Gasteiger partial charge is 0.105 e. The lowest BCUT2D eigenvalue weighted by atomic mass is 10.1. The van der Waals surface area contributed by atoms with E-state index < -0.39 is 0 Å². The van der Waals surface area contributed by atoms with E-state index in [-0.39, 0.29) is 6.23 Å². The van der Waals surface area contributed by atoms with Gasteiger partial charge >= 0.3 is 0 Å². The third-order valence-corrected chi connectivity index (χ3v) is 2.63. The summed E-state index contributed by atoms with van der Waals surface area (Å²) in [5, 5.41) is 0. The van der Waals surface area contributed by atoms with Gasteiger partial charge in [-0.15, -0.1) is 0 Å². The normalized spacial score (nSPS) is 13.0. The van der Waals surface area contributed by atoms with Crippen LogP contribution in [0.1, 0.15) is 71.6 Å². The van der Waals surface area contributed by atoms with Gasteiger partial charge in [-0.2, -0.15) is 0 Å². The van der Waals surface area contributed by atoms with E-state index in [1.807, 2.05) is 0 Å². The molecular formula is C13H29NO. The molecule has 0 bridgehead atoms. The second-order valence-corrected chi connectivity index (χ2v) is 4.32. The van der Waals surface area contributed by atoms with Gasteiger partial charge in [0.25, 0.3) is 0 Å². The quantitative estimate of drug-likeness (QED) is 0.420. The highest BCUT2D eigenvalue weighted by Crippen LogP contribution is 2.09. The third kappa shape index (κ3) is 11.8. The summed E-state index contributed by atoms with van der Waals surface area (Å²) < 4.78 is 5.41. The fourth-order valence-electron chi connectivity index (χ4n) is 1.66. The molecule has 0 aromatic rings. The first-order valence-corrected chi connectivity index (χ1v) is 6.68. The molecule has 1 unspecified atom stereocenters. The summed E-state index contributed by atoms with van der Waals surface area (Å²) in [7, 11) is 0. The van der Waals surface area contributed by atoms with Crippen LogP contribution in [0.4, 0.5) is 0 Å². The van der Waals surface area contributed by atoms with E-state index in [0.29, 0.717) is 0 Å². The van der Waals surface area contributed by atoms with Crippen molar-refractivity contribution in [3.63, 3.8) is 0 Å². The number of ether oxygens (including phenoxy) is 1. The summed E-state index contributed by atoms with van der Waals surface area (Å²) in [5.74, 6) is 0. The Morgan fingerprint density at radius 3 is 2.07 bits per heavy atom. The van der Waals surface area contributed by atoms with Gasteiger partial charge in [0, 0.05) is 6.61 Å². The number of hydrogen-bond acceptors (Lipinski definition) is 2. The maximum atomic E-state index is 5.80. The van der Waals surface area contributed by atoms with Crippen LogP contribution in [0.25, 0.3) is 0 Å². The summed E-state index contributed by atoms with van der Waals surface area (Å²) in [6, 6.07) is 0. The number of nitrogens with two attached hydrogens (primary N) is 1. The monoisotopic (exact) mass is 215 g/mol. The average Bonchev–Trinajstić information content (AvgIpc) is 2.25. The van der Waals surface area contributed by atoms with Gasteiger partial charge in [-0.1, -0.05) is 52.4 Å². The lowest BCUT2D eigenvalue weighted by Crippen LogP contribution is -2.23. The second kappa shape index (κ2) is 12.0. The predicted octanol–water partition coefficient (Wildman–Crippen LogP) is 3.84. The fraction of sp³-hybridized carbons (Fsp3) is 1.00. The van der Waals surface area contributed by atoms with Gasteiger partial charge in [-0.05, 0) is 19.3 Å². The Morgan fingerprint density at radius 2 is 1.47 bits per heavy atom. The van der Waals surface area contributed by atoms with Gasteiger partial charge in [0.1, 0.15) is 6.23 Å². The molecule has 2 nitrogen and oxygen atoms in total. The first-order valence-electron chi connectivity index (χ1n) is 6.68. The number of rotatable bonds is 11. The van der Waals surface area contributed by atoms with Crippen molar-refractivity contribution in [2.75, 3.05) is 6.61 Å². The molecule has 0 radical (unpaired) electrons. The molecule has 92 valence electrons. The molecular weight excluding hydrogens is 186 g/mol. The van der Waals surface area contributed by atoms with Crippen LogP contribution in [0.5, 0.6) is 0 Å². The minimum absolute atomic E-state index is 0.0272. The van der Waals surface area contributed by atoms with E-state index in [9.17, 15) is 0 Å². The van der Waals surface area contributed by atoms with Crippen LogP contribution in [0.15, 0.2) is 0 Å². The number of hydrogen-bond donors (Lipinski definition) is 1. The summed E-state index contributed by atoms with van der Waals surface area (Å²) in [6.45, 7) is 5.17. The lowest BCUT2D eigenvalue weighted by molar-refractivity contribution is 0.0506. The van der Waals surface area contributed by atoms with Crippen LogP contribution in [-0.2, 0) is 4.74 Å². The first-order chi connectivity index (χ1) is 7.31. The molecule has 0 aromatic heterocycles. The first kappa shape index (κ1) is 14.9. The SMILES string of the molecule is CCCCCCCCCC(N)OCCC. The van der Waals surface area contributed by atoms with E-state index in [1.165, 1.54) is 44.9 Å². The maximum absolute atomic E-state index is 5.80. The minimum atomic E-state index is -0.0272. The summed E-state index contributed by atoms with van der Waals surface area (Å²) in [6.07, 6.45) is 11.5. The molecule has 0 saturated carbocycles. The molecule has 15 heavy (non-hydrogen) atoms. The maximum Gasteiger partial charge on any atom is 0.105 e. The lowest BCUT2D eigenvalue weighted by Gasteiger charge is -2.11. The molecule has 0 rings (SSSR count). The molecule has 0 aliphatic rings. The molecule has 1 atom stereocenters. The van der Waals surface area contributed by atoms with E-state index in [1.54, 1.807) is 0 Å². The Balaban J connectivity index is 3.02. The Kier molecular flexibility index (Phi) is 11.9. The van der Waals surface area contributed by atoms with Gasteiger partial charge in [-0.3, -0.25) is 0 Å². The van der Waals surface area contributed by atoms with Crippen molar-refractivity contribution >= 4 is 0 Å². The zero-order valence-corrected chi connectivity index (χ0v) is 10.6. The summed E-state index contributed by atoms with van der Waals surface area (Å²) in [5.41, 5.74) is 5.80. The molecule has 0 aromatic carbocycles. The Hall–Kier alpha value is -0.0800. The minimum Gasteiger partial charge on any atom is -0.364 e. The van der Waals surface area contributed by atoms with Gasteiger partial charge in [0.05, 0.1) is 0 Å². The number of unbranched alkanes of at least 4 members (excludes halogenated alkanes) is 6. The molecule has 0 aliphatic carbocycles. The largest absolute Gasteiger partial charge is 0.364 e. The standard InChI is InChI=1S/C13H29NO/c1-3-5-6-7-8-9-10-11-13(14)15-12-4-2/h13H,3-12,14H2,1-2H3. The zero-order chi connectivity index (χ0) is 11.4. The topological polar surface area (TPSA) is 35.2 Å². The molecule has 0 aliphatic heterocycles. The fourth-order valence-corrected chi connectivity index (χ4v) is 1.66. The van der Waals surface area contributed by atoms with Crippen molar-refractivity contribution in [1.82, 2.24) is 0 Å². The van der Waals surface area contributed by atoms with Crippen molar-refractivity contribution in [1.29, 1.82) is 0 Å². The Bertz CT molecular complexity index is 117. The predicted molar refractivity (Wildman–Crippen MR) is 66.8 cm³/mol. The summed E-state index contributed by atoms with van der Waals surface area (Å²) >= 11 is 0. The van der Waals surface area contributed by atoms with E-state index in [4.69, 9.17) is 10.5 Å². The van der Waals surface area contributed by atoms with Crippen molar-refractivity contribution in [3.8, 4) is 0 Å². The van der Waals surface area contributed by atoms with Crippen LogP contribution < -0.4 is 5.73 Å². The van der Waals surface area contributed by atoms with Crippen LogP contribution >= 0.6 is 0 Å². The van der Waals surface area contributed by atoms with Crippen LogP contribution in [0.2, 0.25) is 0 Å². The Labute approximate surface area is 95.6 Å². The van der Waals surface area contributed by atoms with E-state index >= 15 is 0 Å². The Morgan fingerprint density at radius 1 is 0.867 bits per heavy atom. The highest BCUT2D eigenvalue weighted by Gasteiger charge is 2.00. The van der Waals surface area contributed by atoms with Crippen molar-refractivity contribution in [2.24, 2.45) is 5.73 Å².